The Labute approximate surface area is 183 Å². The lowest BCUT2D eigenvalue weighted by Gasteiger charge is -2.26. The number of fused-ring (bicyclic) bond motifs is 2. The van der Waals surface area contributed by atoms with E-state index in [1.807, 2.05) is 38.4 Å². The Kier molecular flexibility index (Phi) is 5.48. The quantitative estimate of drug-likeness (QED) is 0.608. The SMILES string of the molecule is CN(C)CCCN1C(=O)c2oc3ccccc3c(=O)c2[C@@H]1c1ccc(C(C)(C)C)cc1. The molecule has 5 heteroatoms. The lowest BCUT2D eigenvalue weighted by Crippen LogP contribution is -2.32. The van der Waals surface area contributed by atoms with Gasteiger partial charge in [-0.05, 0) is 55.7 Å². The van der Waals surface area contributed by atoms with Crippen LogP contribution in [0.15, 0.2) is 57.7 Å². The average Bonchev–Trinajstić information content (AvgIpc) is 3.00. The Morgan fingerprint density at radius 1 is 1.00 bits per heavy atom. The van der Waals surface area contributed by atoms with Crippen LogP contribution in [0.4, 0.5) is 0 Å². The maximum absolute atomic E-state index is 13.5. The van der Waals surface area contributed by atoms with Gasteiger partial charge in [-0.25, -0.2) is 0 Å². The second-order valence-electron chi connectivity index (χ2n) is 9.60. The molecule has 5 nitrogen and oxygen atoms in total. The van der Waals surface area contributed by atoms with Crippen LogP contribution in [-0.2, 0) is 5.41 Å². The van der Waals surface area contributed by atoms with Gasteiger partial charge in [0.25, 0.3) is 5.91 Å². The summed E-state index contributed by atoms with van der Waals surface area (Å²) in [6, 6.07) is 15.0. The van der Waals surface area contributed by atoms with Gasteiger partial charge in [-0.1, -0.05) is 57.2 Å². The molecular formula is C26H30N2O3. The third kappa shape index (κ3) is 3.90. The Bertz CT molecular complexity index is 1170. The van der Waals surface area contributed by atoms with Crippen LogP contribution in [0.3, 0.4) is 0 Å². The Hall–Kier alpha value is -2.92. The fraction of sp³-hybridized carbons (Fsp3) is 0.385. The lowest BCUT2D eigenvalue weighted by atomic mass is 9.86. The van der Waals surface area contributed by atoms with Crippen molar-refractivity contribution in [3.8, 4) is 0 Å². The van der Waals surface area contributed by atoms with Crippen LogP contribution in [0.2, 0.25) is 0 Å². The van der Waals surface area contributed by atoms with E-state index in [0.29, 0.717) is 23.1 Å². The van der Waals surface area contributed by atoms with Crippen LogP contribution in [0, 0.1) is 0 Å². The van der Waals surface area contributed by atoms with Gasteiger partial charge < -0.3 is 14.2 Å². The largest absolute Gasteiger partial charge is 0.450 e. The number of hydrogen-bond donors (Lipinski definition) is 0. The van der Waals surface area contributed by atoms with E-state index in [1.165, 1.54) is 5.56 Å². The highest BCUT2D eigenvalue weighted by Crippen LogP contribution is 2.38. The summed E-state index contributed by atoms with van der Waals surface area (Å²) in [6.07, 6.45) is 0.816. The van der Waals surface area contributed by atoms with E-state index in [-0.39, 0.29) is 22.5 Å². The maximum Gasteiger partial charge on any atom is 0.290 e. The number of rotatable bonds is 5. The van der Waals surface area contributed by atoms with Crippen LogP contribution < -0.4 is 5.43 Å². The van der Waals surface area contributed by atoms with Gasteiger partial charge in [-0.2, -0.15) is 0 Å². The molecule has 4 rings (SSSR count). The summed E-state index contributed by atoms with van der Waals surface area (Å²) in [5.74, 6) is -0.0278. The van der Waals surface area contributed by atoms with Crippen molar-refractivity contribution < 1.29 is 9.21 Å². The molecule has 0 unspecified atom stereocenters. The van der Waals surface area contributed by atoms with Crippen LogP contribution in [0.5, 0.6) is 0 Å². The van der Waals surface area contributed by atoms with E-state index < -0.39 is 6.04 Å². The number of para-hydroxylation sites is 1. The Morgan fingerprint density at radius 3 is 2.32 bits per heavy atom. The van der Waals surface area contributed by atoms with Crippen LogP contribution in [0.25, 0.3) is 11.0 Å². The minimum atomic E-state index is -0.431. The minimum absolute atomic E-state index is 0.0303. The first-order valence-electron chi connectivity index (χ1n) is 10.8. The highest BCUT2D eigenvalue weighted by atomic mass is 16.3. The van der Waals surface area contributed by atoms with Crippen LogP contribution in [0.1, 0.15) is 60.5 Å². The standard InChI is InChI=1S/C26H30N2O3/c1-26(2,3)18-13-11-17(12-14-18)22-21-23(29)19-9-6-7-10-20(19)31-24(21)25(30)28(22)16-8-15-27(4)5/h6-7,9-14,22H,8,15-16H2,1-5H3/t22-/m0/s1. The molecule has 162 valence electrons. The fourth-order valence-corrected chi connectivity index (χ4v) is 4.27. The van der Waals surface area contributed by atoms with E-state index in [9.17, 15) is 9.59 Å². The van der Waals surface area contributed by atoms with Gasteiger partial charge >= 0.3 is 0 Å². The molecule has 0 bridgehead atoms. The molecule has 0 saturated carbocycles. The first-order valence-corrected chi connectivity index (χ1v) is 10.8. The second kappa shape index (κ2) is 7.97. The summed E-state index contributed by atoms with van der Waals surface area (Å²) in [5, 5.41) is 0.514. The van der Waals surface area contributed by atoms with Crippen LogP contribution in [-0.4, -0.2) is 42.9 Å². The zero-order valence-corrected chi connectivity index (χ0v) is 18.9. The summed E-state index contributed by atoms with van der Waals surface area (Å²) in [7, 11) is 4.03. The molecule has 0 fully saturated rings. The molecule has 0 spiro atoms. The monoisotopic (exact) mass is 418 g/mol. The van der Waals surface area contributed by atoms with Crippen molar-refractivity contribution in [2.24, 2.45) is 0 Å². The Morgan fingerprint density at radius 2 is 1.68 bits per heavy atom. The molecule has 1 amide bonds. The van der Waals surface area contributed by atoms with Crippen molar-refractivity contribution in [2.45, 2.75) is 38.6 Å². The number of hydrogen-bond acceptors (Lipinski definition) is 4. The normalized spacial score (nSPS) is 16.4. The van der Waals surface area contributed by atoms with Gasteiger partial charge in [0, 0.05) is 6.54 Å². The number of benzene rings is 2. The molecule has 3 aromatic rings. The number of carbonyl (C=O) groups is 1. The van der Waals surface area contributed by atoms with Crippen molar-refractivity contribution in [2.75, 3.05) is 27.2 Å². The molecule has 0 saturated heterocycles. The summed E-state index contributed by atoms with van der Waals surface area (Å²) < 4.78 is 5.98. The van der Waals surface area contributed by atoms with Crippen molar-refractivity contribution >= 4 is 16.9 Å². The first kappa shape index (κ1) is 21.3. The van der Waals surface area contributed by atoms with E-state index in [1.54, 1.807) is 17.0 Å². The minimum Gasteiger partial charge on any atom is -0.450 e. The zero-order chi connectivity index (χ0) is 22.3. The number of carbonyl (C=O) groups excluding carboxylic acids is 1. The number of amides is 1. The summed E-state index contributed by atoms with van der Waals surface area (Å²) in [6.45, 7) is 7.93. The van der Waals surface area contributed by atoms with Crippen molar-refractivity contribution in [1.82, 2.24) is 9.80 Å². The van der Waals surface area contributed by atoms with E-state index in [4.69, 9.17) is 4.42 Å². The molecule has 31 heavy (non-hydrogen) atoms. The van der Waals surface area contributed by atoms with Crippen molar-refractivity contribution in [1.29, 1.82) is 0 Å². The number of nitrogens with zero attached hydrogens (tertiary/aromatic N) is 2. The average molecular weight is 419 g/mol. The summed E-state index contributed by atoms with van der Waals surface area (Å²) in [4.78, 5) is 30.7. The molecular weight excluding hydrogens is 388 g/mol. The van der Waals surface area contributed by atoms with E-state index in [0.717, 1.165) is 18.5 Å². The van der Waals surface area contributed by atoms with E-state index in [2.05, 4.69) is 37.8 Å². The lowest BCUT2D eigenvalue weighted by molar-refractivity contribution is 0.0722. The van der Waals surface area contributed by atoms with Crippen molar-refractivity contribution in [3.63, 3.8) is 0 Å². The second-order valence-corrected chi connectivity index (χ2v) is 9.60. The van der Waals surface area contributed by atoms with Gasteiger partial charge in [0.15, 0.2) is 5.43 Å². The highest BCUT2D eigenvalue weighted by molar-refractivity contribution is 5.99. The van der Waals surface area contributed by atoms with Crippen molar-refractivity contribution in [3.05, 3.63) is 81.2 Å². The van der Waals surface area contributed by atoms with Crippen LogP contribution >= 0.6 is 0 Å². The van der Waals surface area contributed by atoms with Gasteiger partial charge in [0.2, 0.25) is 5.76 Å². The van der Waals surface area contributed by atoms with Gasteiger partial charge in [-0.15, -0.1) is 0 Å². The maximum atomic E-state index is 13.5. The molecule has 1 aliphatic rings. The highest BCUT2D eigenvalue weighted by Gasteiger charge is 2.42. The molecule has 0 aliphatic carbocycles. The third-order valence-electron chi connectivity index (χ3n) is 5.97. The first-order chi connectivity index (χ1) is 14.7. The zero-order valence-electron chi connectivity index (χ0n) is 18.9. The summed E-state index contributed by atoms with van der Waals surface area (Å²) >= 11 is 0. The predicted octanol–water partition coefficient (Wildman–Crippen LogP) is 4.59. The summed E-state index contributed by atoms with van der Waals surface area (Å²) in [5.41, 5.74) is 2.97. The van der Waals surface area contributed by atoms with Gasteiger partial charge in [0.1, 0.15) is 5.58 Å². The molecule has 1 aliphatic heterocycles. The topological polar surface area (TPSA) is 53.8 Å². The molecule has 2 aromatic carbocycles. The van der Waals surface area contributed by atoms with Gasteiger partial charge in [0.05, 0.1) is 17.0 Å². The Balaban J connectivity index is 1.84. The third-order valence-corrected chi connectivity index (χ3v) is 5.97. The fourth-order valence-electron chi connectivity index (χ4n) is 4.27. The molecule has 2 heterocycles. The molecule has 0 radical (unpaired) electrons. The molecule has 1 atom stereocenters. The predicted molar refractivity (Wildman–Crippen MR) is 124 cm³/mol. The van der Waals surface area contributed by atoms with Gasteiger partial charge in [-0.3, -0.25) is 9.59 Å². The molecule has 1 aromatic heterocycles. The molecule has 0 N–H and O–H groups in total. The van der Waals surface area contributed by atoms with E-state index >= 15 is 0 Å². The smallest absolute Gasteiger partial charge is 0.290 e.